The number of nitrogens with one attached hydrogen (secondary N) is 1. The van der Waals surface area contributed by atoms with Crippen LogP contribution in [-0.2, 0) is 12.0 Å². The Labute approximate surface area is 113 Å². The summed E-state index contributed by atoms with van der Waals surface area (Å²) < 4.78 is 0. The third-order valence-electron chi connectivity index (χ3n) is 4.53. The fraction of sp³-hybridized carbons (Fsp3) is 0.438. The standard InChI is InChI=1S/C16H20N2O/c1-3-12-11-8-10(2)6-7-16(12,17)13-4-5-15(19)18-14(13)9-11/h3-5,8,11H,6-7,9,17H2,1-2H3,(H,18,19)/b12-3+. The SMILES string of the molecule is C/C=C1\C2C=C(C)CCC1(N)c1ccc(=O)[nH]c1C2. The second kappa shape index (κ2) is 4.20. The Morgan fingerprint density at radius 2 is 2.26 bits per heavy atom. The second-order valence-electron chi connectivity index (χ2n) is 5.75. The molecule has 1 aromatic rings. The van der Waals surface area contributed by atoms with Crippen LogP contribution >= 0.6 is 0 Å². The fourth-order valence-electron chi connectivity index (χ4n) is 3.63. The molecule has 1 heterocycles. The number of aromatic nitrogens is 1. The van der Waals surface area contributed by atoms with Crippen LogP contribution in [0.5, 0.6) is 0 Å². The normalized spacial score (nSPS) is 31.6. The molecule has 2 aliphatic carbocycles. The van der Waals surface area contributed by atoms with E-state index in [9.17, 15) is 4.79 Å². The lowest BCUT2D eigenvalue weighted by Gasteiger charge is -2.40. The first-order valence-electron chi connectivity index (χ1n) is 6.90. The van der Waals surface area contributed by atoms with E-state index >= 15 is 0 Å². The van der Waals surface area contributed by atoms with Crippen LogP contribution in [-0.4, -0.2) is 4.98 Å². The predicted molar refractivity (Wildman–Crippen MR) is 76.9 cm³/mol. The zero-order valence-corrected chi connectivity index (χ0v) is 11.5. The summed E-state index contributed by atoms with van der Waals surface area (Å²) in [5.41, 5.74) is 11.1. The Bertz CT molecular complexity index is 638. The molecule has 0 aliphatic heterocycles. The second-order valence-corrected chi connectivity index (χ2v) is 5.75. The van der Waals surface area contributed by atoms with Gasteiger partial charge in [-0.05, 0) is 50.3 Å². The van der Waals surface area contributed by atoms with Crippen molar-refractivity contribution in [1.82, 2.24) is 4.98 Å². The number of allylic oxidation sites excluding steroid dienone is 3. The van der Waals surface area contributed by atoms with E-state index in [1.807, 2.05) is 6.07 Å². The molecule has 0 radical (unpaired) electrons. The first-order chi connectivity index (χ1) is 9.04. The number of rotatable bonds is 0. The van der Waals surface area contributed by atoms with E-state index in [0.717, 1.165) is 30.5 Å². The molecule has 2 unspecified atom stereocenters. The molecule has 100 valence electrons. The van der Waals surface area contributed by atoms with Gasteiger partial charge in [0.25, 0.3) is 0 Å². The van der Waals surface area contributed by atoms with Crippen molar-refractivity contribution in [3.63, 3.8) is 0 Å². The van der Waals surface area contributed by atoms with E-state index in [2.05, 4.69) is 31.0 Å². The van der Waals surface area contributed by atoms with Crippen LogP contribution in [0.25, 0.3) is 0 Å². The summed E-state index contributed by atoms with van der Waals surface area (Å²) in [6.07, 6.45) is 7.25. The molecule has 0 saturated heterocycles. The molecular formula is C16H20N2O. The molecular weight excluding hydrogens is 236 g/mol. The lowest BCUT2D eigenvalue weighted by Crippen LogP contribution is -2.45. The summed E-state index contributed by atoms with van der Waals surface area (Å²) in [6, 6.07) is 3.50. The summed E-state index contributed by atoms with van der Waals surface area (Å²) in [7, 11) is 0. The molecule has 3 nitrogen and oxygen atoms in total. The van der Waals surface area contributed by atoms with Crippen molar-refractivity contribution in [2.45, 2.75) is 38.6 Å². The average molecular weight is 256 g/mol. The minimum Gasteiger partial charge on any atom is -0.326 e. The van der Waals surface area contributed by atoms with Gasteiger partial charge in [0, 0.05) is 17.7 Å². The quantitative estimate of drug-likeness (QED) is 0.700. The van der Waals surface area contributed by atoms with Gasteiger partial charge in [-0.2, -0.15) is 0 Å². The minimum absolute atomic E-state index is 0.0382. The highest BCUT2D eigenvalue weighted by molar-refractivity contribution is 5.46. The van der Waals surface area contributed by atoms with Crippen LogP contribution in [0.15, 0.2) is 40.2 Å². The number of H-pyrrole nitrogens is 1. The van der Waals surface area contributed by atoms with Gasteiger partial charge in [0.1, 0.15) is 0 Å². The molecule has 0 amide bonds. The van der Waals surface area contributed by atoms with Crippen LogP contribution in [0.4, 0.5) is 0 Å². The van der Waals surface area contributed by atoms with Gasteiger partial charge in [-0.3, -0.25) is 4.79 Å². The minimum atomic E-state index is -0.425. The molecule has 1 aromatic heterocycles. The summed E-state index contributed by atoms with van der Waals surface area (Å²) in [4.78, 5) is 14.5. The fourth-order valence-corrected chi connectivity index (χ4v) is 3.63. The van der Waals surface area contributed by atoms with Crippen molar-refractivity contribution in [3.8, 4) is 0 Å². The van der Waals surface area contributed by atoms with Crippen molar-refractivity contribution in [2.24, 2.45) is 11.7 Å². The summed E-state index contributed by atoms with van der Waals surface area (Å²) in [5.74, 6) is 0.322. The van der Waals surface area contributed by atoms with Gasteiger partial charge < -0.3 is 10.7 Å². The third-order valence-corrected chi connectivity index (χ3v) is 4.53. The maximum atomic E-state index is 11.5. The van der Waals surface area contributed by atoms with Crippen LogP contribution in [0, 0.1) is 5.92 Å². The van der Waals surface area contributed by atoms with Gasteiger partial charge in [0.2, 0.25) is 5.56 Å². The zero-order valence-electron chi connectivity index (χ0n) is 11.5. The number of aromatic amines is 1. The smallest absolute Gasteiger partial charge is 0.248 e. The van der Waals surface area contributed by atoms with Gasteiger partial charge in [-0.15, -0.1) is 0 Å². The molecule has 2 bridgehead atoms. The highest BCUT2D eigenvalue weighted by Crippen LogP contribution is 2.45. The number of hydrogen-bond donors (Lipinski definition) is 2. The van der Waals surface area contributed by atoms with E-state index in [1.54, 1.807) is 6.07 Å². The average Bonchev–Trinajstić information content (AvgIpc) is 2.44. The molecule has 0 aromatic carbocycles. The van der Waals surface area contributed by atoms with E-state index in [4.69, 9.17) is 5.73 Å². The summed E-state index contributed by atoms with van der Waals surface area (Å²) in [5, 5.41) is 0. The van der Waals surface area contributed by atoms with Gasteiger partial charge in [-0.1, -0.05) is 17.7 Å². The summed E-state index contributed by atoms with van der Waals surface area (Å²) in [6.45, 7) is 4.24. The van der Waals surface area contributed by atoms with Crippen LogP contribution in [0.2, 0.25) is 0 Å². The molecule has 0 fully saturated rings. The molecule has 3 rings (SSSR count). The van der Waals surface area contributed by atoms with Crippen molar-refractivity contribution < 1.29 is 0 Å². The Kier molecular flexibility index (Phi) is 2.75. The molecule has 0 saturated carbocycles. The Balaban J connectivity index is 2.26. The lowest BCUT2D eigenvalue weighted by molar-refractivity contribution is 0.420. The topological polar surface area (TPSA) is 58.9 Å². The van der Waals surface area contributed by atoms with E-state index in [-0.39, 0.29) is 5.56 Å². The Morgan fingerprint density at radius 3 is 3.00 bits per heavy atom. The van der Waals surface area contributed by atoms with E-state index in [0.29, 0.717) is 5.92 Å². The number of nitrogens with two attached hydrogens (primary N) is 1. The monoisotopic (exact) mass is 256 g/mol. The largest absolute Gasteiger partial charge is 0.326 e. The highest BCUT2D eigenvalue weighted by atomic mass is 16.1. The van der Waals surface area contributed by atoms with Crippen molar-refractivity contribution in [3.05, 3.63) is 57.0 Å². The Hall–Kier alpha value is -1.61. The summed E-state index contributed by atoms with van der Waals surface area (Å²) >= 11 is 0. The van der Waals surface area contributed by atoms with Crippen molar-refractivity contribution in [2.75, 3.05) is 0 Å². The van der Waals surface area contributed by atoms with Crippen LogP contribution in [0.1, 0.15) is 37.9 Å². The maximum absolute atomic E-state index is 11.5. The molecule has 2 aliphatic rings. The van der Waals surface area contributed by atoms with Crippen LogP contribution < -0.4 is 11.3 Å². The molecule has 0 spiro atoms. The van der Waals surface area contributed by atoms with Gasteiger partial charge in [0.15, 0.2) is 0 Å². The van der Waals surface area contributed by atoms with Gasteiger partial charge in [-0.25, -0.2) is 0 Å². The predicted octanol–water partition coefficient (Wildman–Crippen LogP) is 2.39. The first-order valence-corrected chi connectivity index (χ1v) is 6.90. The van der Waals surface area contributed by atoms with E-state index in [1.165, 1.54) is 11.1 Å². The first kappa shape index (κ1) is 12.4. The molecule has 2 atom stereocenters. The third kappa shape index (κ3) is 1.80. The van der Waals surface area contributed by atoms with Gasteiger partial charge in [0.05, 0.1) is 5.54 Å². The van der Waals surface area contributed by atoms with E-state index < -0.39 is 5.54 Å². The maximum Gasteiger partial charge on any atom is 0.248 e. The molecule has 19 heavy (non-hydrogen) atoms. The van der Waals surface area contributed by atoms with Crippen LogP contribution in [0.3, 0.4) is 0 Å². The number of fused-ring (bicyclic) bond motifs is 4. The molecule has 3 N–H and O–H groups in total. The number of pyridine rings is 1. The van der Waals surface area contributed by atoms with Crippen molar-refractivity contribution >= 4 is 0 Å². The highest BCUT2D eigenvalue weighted by Gasteiger charge is 2.42. The lowest BCUT2D eigenvalue weighted by atomic mass is 9.69. The number of hydrogen-bond acceptors (Lipinski definition) is 2. The Morgan fingerprint density at radius 1 is 1.47 bits per heavy atom. The zero-order chi connectivity index (χ0) is 13.6. The van der Waals surface area contributed by atoms with Gasteiger partial charge >= 0.3 is 0 Å². The molecule has 3 heteroatoms. The van der Waals surface area contributed by atoms with Crippen molar-refractivity contribution in [1.29, 1.82) is 0 Å².